The number of carbonyl (C=O) groups is 3. The molecule has 0 radical (unpaired) electrons. The maximum atomic E-state index is 13.2. The molecule has 2 aromatic rings. The van der Waals surface area contributed by atoms with E-state index in [4.69, 9.17) is 11.6 Å². The number of carbonyl (C=O) groups excluding carboxylic acids is 3. The quantitative estimate of drug-likeness (QED) is 0.626. The lowest BCUT2D eigenvalue weighted by Gasteiger charge is -2.38. The van der Waals surface area contributed by atoms with E-state index in [2.05, 4.69) is 5.32 Å². The van der Waals surface area contributed by atoms with E-state index in [0.29, 0.717) is 25.2 Å². The number of hydrogen-bond acceptors (Lipinski definition) is 3. The van der Waals surface area contributed by atoms with Gasteiger partial charge >= 0.3 is 0 Å². The van der Waals surface area contributed by atoms with Crippen LogP contribution in [0.2, 0.25) is 5.02 Å². The number of amides is 3. The molecule has 0 atom stereocenters. The molecule has 0 unspecified atom stereocenters. The van der Waals surface area contributed by atoms with Crippen LogP contribution in [0.25, 0.3) is 0 Å². The molecule has 176 valence electrons. The Bertz CT molecular complexity index is 978. The number of halogens is 2. The monoisotopic (exact) mass is 473 g/mol. The lowest BCUT2D eigenvalue weighted by Crippen LogP contribution is -2.49. The van der Waals surface area contributed by atoms with E-state index in [0.717, 1.165) is 25.3 Å². The van der Waals surface area contributed by atoms with Gasteiger partial charge in [-0.3, -0.25) is 14.4 Å². The lowest BCUT2D eigenvalue weighted by molar-refractivity contribution is -0.134. The maximum absolute atomic E-state index is 13.2. The summed E-state index contributed by atoms with van der Waals surface area (Å²) in [6, 6.07) is 12.9. The summed E-state index contributed by atoms with van der Waals surface area (Å²) in [5, 5.41) is 2.71. The first-order valence-electron chi connectivity index (χ1n) is 11.3. The first-order valence-corrected chi connectivity index (χ1v) is 11.7. The molecule has 8 heteroatoms. The van der Waals surface area contributed by atoms with Crippen molar-refractivity contribution in [1.29, 1.82) is 0 Å². The third kappa shape index (κ3) is 6.54. The minimum atomic E-state index is -0.515. The number of hydrogen-bond donors (Lipinski definition) is 1. The van der Waals surface area contributed by atoms with Gasteiger partial charge in [-0.15, -0.1) is 0 Å². The second kappa shape index (κ2) is 11.8. The van der Waals surface area contributed by atoms with Crippen LogP contribution in [0.4, 0.5) is 4.39 Å². The van der Waals surface area contributed by atoms with Crippen LogP contribution in [0.3, 0.4) is 0 Å². The Hall–Kier alpha value is -2.93. The second-order valence-electron chi connectivity index (χ2n) is 8.11. The van der Waals surface area contributed by atoms with Crippen molar-refractivity contribution in [2.75, 3.05) is 26.2 Å². The van der Waals surface area contributed by atoms with Crippen molar-refractivity contribution in [3.63, 3.8) is 0 Å². The van der Waals surface area contributed by atoms with Crippen molar-refractivity contribution >= 4 is 29.3 Å². The van der Waals surface area contributed by atoms with Gasteiger partial charge in [-0.1, -0.05) is 36.7 Å². The summed E-state index contributed by atoms with van der Waals surface area (Å²) in [7, 11) is 0. The average molecular weight is 474 g/mol. The highest BCUT2D eigenvalue weighted by molar-refractivity contribution is 6.33. The molecule has 0 bridgehead atoms. The molecule has 2 aromatic carbocycles. The van der Waals surface area contributed by atoms with Gasteiger partial charge in [0.2, 0.25) is 5.91 Å². The zero-order valence-electron chi connectivity index (χ0n) is 18.7. The van der Waals surface area contributed by atoms with E-state index in [-0.39, 0.29) is 41.4 Å². The smallest absolute Gasteiger partial charge is 0.253 e. The molecule has 0 aromatic heterocycles. The fourth-order valence-electron chi connectivity index (χ4n) is 4.09. The number of benzene rings is 2. The molecule has 3 amide bonds. The van der Waals surface area contributed by atoms with Crippen molar-refractivity contribution in [2.45, 2.75) is 38.6 Å². The fraction of sp³-hybridized carbons (Fsp3) is 0.400. The van der Waals surface area contributed by atoms with Crippen LogP contribution in [0.5, 0.6) is 0 Å². The average Bonchev–Trinajstić information content (AvgIpc) is 2.82. The Morgan fingerprint density at radius 1 is 1.12 bits per heavy atom. The van der Waals surface area contributed by atoms with Gasteiger partial charge in [0.1, 0.15) is 5.82 Å². The first-order chi connectivity index (χ1) is 15.9. The van der Waals surface area contributed by atoms with Gasteiger partial charge in [0.15, 0.2) is 0 Å². The van der Waals surface area contributed by atoms with Crippen LogP contribution in [0.1, 0.15) is 53.3 Å². The summed E-state index contributed by atoms with van der Waals surface area (Å²) in [6.07, 6.45) is 2.43. The van der Waals surface area contributed by atoms with Crippen LogP contribution < -0.4 is 5.32 Å². The van der Waals surface area contributed by atoms with Gasteiger partial charge in [-0.2, -0.15) is 0 Å². The molecular formula is C25H29ClFN3O3. The minimum absolute atomic E-state index is 0.0181. The predicted molar refractivity (Wildman–Crippen MR) is 126 cm³/mol. The van der Waals surface area contributed by atoms with Crippen LogP contribution in [-0.2, 0) is 4.79 Å². The highest BCUT2D eigenvalue weighted by Gasteiger charge is 2.29. The normalized spacial score (nSPS) is 14.1. The minimum Gasteiger partial charge on any atom is -0.351 e. The Morgan fingerprint density at radius 3 is 2.45 bits per heavy atom. The summed E-state index contributed by atoms with van der Waals surface area (Å²) in [5.74, 6) is -0.971. The molecule has 1 saturated heterocycles. The summed E-state index contributed by atoms with van der Waals surface area (Å²) >= 11 is 5.93. The van der Waals surface area contributed by atoms with Crippen molar-refractivity contribution in [2.24, 2.45) is 0 Å². The predicted octanol–water partition coefficient (Wildman–Crippen LogP) is 4.14. The maximum Gasteiger partial charge on any atom is 0.253 e. The van der Waals surface area contributed by atoms with E-state index in [1.165, 1.54) is 12.1 Å². The highest BCUT2D eigenvalue weighted by atomic mass is 35.5. The lowest BCUT2D eigenvalue weighted by atomic mass is 10.0. The molecule has 33 heavy (non-hydrogen) atoms. The number of piperidine rings is 1. The molecule has 0 saturated carbocycles. The zero-order chi connectivity index (χ0) is 23.8. The summed E-state index contributed by atoms with van der Waals surface area (Å²) in [6.45, 7) is 4.02. The van der Waals surface area contributed by atoms with Crippen LogP contribution in [0, 0.1) is 5.82 Å². The van der Waals surface area contributed by atoms with E-state index in [1.807, 2.05) is 47.1 Å². The first kappa shape index (κ1) is 24.7. The molecule has 1 aliphatic rings. The second-order valence-corrected chi connectivity index (χ2v) is 8.51. The van der Waals surface area contributed by atoms with Crippen molar-refractivity contribution < 1.29 is 18.8 Å². The standard InChI is InChI=1S/C25H29ClFN3O3/c1-2-14-30(20-11-15-29(16-12-20)25(33)18-6-4-3-5-7-18)23(31)10-13-28-24(32)21-9-8-19(27)17-22(21)26/h3-9,17,20H,2,10-16H2,1H3,(H,28,32). The van der Waals surface area contributed by atoms with Crippen molar-refractivity contribution in [1.82, 2.24) is 15.1 Å². The van der Waals surface area contributed by atoms with Gasteiger partial charge in [-0.25, -0.2) is 4.39 Å². The Morgan fingerprint density at radius 2 is 1.82 bits per heavy atom. The van der Waals surface area contributed by atoms with E-state index in [1.54, 1.807) is 0 Å². The summed E-state index contributed by atoms with van der Waals surface area (Å²) in [4.78, 5) is 41.6. The van der Waals surface area contributed by atoms with Gasteiger partial charge in [-0.05, 0) is 49.6 Å². The van der Waals surface area contributed by atoms with Gasteiger partial charge in [0.25, 0.3) is 11.8 Å². The molecule has 1 heterocycles. The molecule has 1 fully saturated rings. The molecule has 6 nitrogen and oxygen atoms in total. The van der Waals surface area contributed by atoms with E-state index < -0.39 is 11.7 Å². The third-order valence-electron chi connectivity index (χ3n) is 5.80. The Balaban J connectivity index is 1.50. The van der Waals surface area contributed by atoms with Gasteiger partial charge < -0.3 is 15.1 Å². The number of nitrogens with zero attached hydrogens (tertiary/aromatic N) is 2. The Kier molecular flexibility index (Phi) is 8.83. The molecule has 1 N–H and O–H groups in total. The fourth-order valence-corrected chi connectivity index (χ4v) is 4.34. The van der Waals surface area contributed by atoms with Gasteiger partial charge in [0.05, 0.1) is 10.6 Å². The van der Waals surface area contributed by atoms with E-state index in [9.17, 15) is 18.8 Å². The van der Waals surface area contributed by atoms with Crippen molar-refractivity contribution in [3.8, 4) is 0 Å². The number of nitrogens with one attached hydrogen (secondary N) is 1. The number of likely N-dealkylation sites (tertiary alicyclic amines) is 1. The topological polar surface area (TPSA) is 69.7 Å². The Labute approximate surface area is 198 Å². The van der Waals surface area contributed by atoms with Crippen molar-refractivity contribution in [3.05, 3.63) is 70.5 Å². The molecule has 1 aliphatic heterocycles. The van der Waals surface area contributed by atoms with Crippen LogP contribution in [0.15, 0.2) is 48.5 Å². The molecule has 3 rings (SSSR count). The summed E-state index contributed by atoms with van der Waals surface area (Å²) < 4.78 is 13.2. The molecule has 0 aliphatic carbocycles. The highest BCUT2D eigenvalue weighted by Crippen LogP contribution is 2.20. The largest absolute Gasteiger partial charge is 0.351 e. The number of rotatable bonds is 8. The SMILES string of the molecule is CCCN(C(=O)CCNC(=O)c1ccc(F)cc1Cl)C1CCN(C(=O)c2ccccc2)CC1. The molecule has 0 spiro atoms. The third-order valence-corrected chi connectivity index (χ3v) is 6.11. The van der Waals surface area contributed by atoms with E-state index >= 15 is 0 Å². The molecular weight excluding hydrogens is 445 g/mol. The zero-order valence-corrected chi connectivity index (χ0v) is 19.5. The van der Waals surface area contributed by atoms with Crippen LogP contribution in [-0.4, -0.2) is 59.7 Å². The van der Waals surface area contributed by atoms with Crippen LogP contribution >= 0.6 is 11.6 Å². The van der Waals surface area contributed by atoms with Gasteiger partial charge in [0, 0.05) is 44.2 Å². The summed E-state index contributed by atoms with van der Waals surface area (Å²) in [5.41, 5.74) is 0.848.